The second-order valence-corrected chi connectivity index (χ2v) is 5.19. The average Bonchev–Trinajstić information content (AvgIpc) is 2.59. The topological polar surface area (TPSA) is 116 Å². The van der Waals surface area contributed by atoms with Gasteiger partial charge < -0.3 is 10.6 Å². The maximum absolute atomic E-state index is 10.8. The fraction of sp³-hybridized carbons (Fsp3) is 0.250. The van der Waals surface area contributed by atoms with Crippen molar-refractivity contribution in [1.82, 2.24) is 0 Å². The van der Waals surface area contributed by atoms with Gasteiger partial charge >= 0.3 is 0 Å². The lowest BCUT2D eigenvalue weighted by atomic mass is 10.2. The monoisotopic (exact) mass is 330 g/mol. The molecule has 24 heavy (non-hydrogen) atoms. The number of anilines is 2. The van der Waals surface area contributed by atoms with Gasteiger partial charge in [0.05, 0.1) is 9.85 Å². The van der Waals surface area contributed by atoms with Gasteiger partial charge in [0.15, 0.2) is 0 Å². The fourth-order valence-corrected chi connectivity index (χ4v) is 2.33. The van der Waals surface area contributed by atoms with Gasteiger partial charge in [0.1, 0.15) is 0 Å². The molecule has 0 heterocycles. The number of hydrogen-bond acceptors (Lipinski definition) is 6. The molecule has 0 unspecified atom stereocenters. The molecule has 0 atom stereocenters. The van der Waals surface area contributed by atoms with Crippen LogP contribution in [0.5, 0.6) is 0 Å². The molecule has 0 saturated heterocycles. The van der Waals surface area contributed by atoms with E-state index < -0.39 is 9.85 Å². The number of nitrogens with zero attached hydrogens (tertiary/aromatic N) is 3. The van der Waals surface area contributed by atoms with Gasteiger partial charge in [0.2, 0.25) is 0 Å². The molecule has 126 valence electrons. The molecule has 2 aromatic carbocycles. The molecule has 0 aliphatic heterocycles. The normalized spacial score (nSPS) is 10.4. The van der Waals surface area contributed by atoms with E-state index in [1.807, 2.05) is 4.90 Å². The van der Waals surface area contributed by atoms with Crippen LogP contribution >= 0.6 is 0 Å². The summed E-state index contributed by atoms with van der Waals surface area (Å²) in [5, 5.41) is 21.6. The van der Waals surface area contributed by atoms with Crippen LogP contribution in [-0.4, -0.2) is 22.9 Å². The Morgan fingerprint density at radius 1 is 0.792 bits per heavy atom. The number of nitro groups is 2. The van der Waals surface area contributed by atoms with Gasteiger partial charge in [0.25, 0.3) is 11.4 Å². The summed E-state index contributed by atoms with van der Waals surface area (Å²) in [5.41, 5.74) is 7.13. The van der Waals surface area contributed by atoms with Crippen LogP contribution in [0.15, 0.2) is 48.5 Å². The van der Waals surface area contributed by atoms with Crippen molar-refractivity contribution in [2.24, 2.45) is 5.73 Å². The van der Waals surface area contributed by atoms with Gasteiger partial charge in [-0.05, 0) is 43.7 Å². The van der Waals surface area contributed by atoms with Gasteiger partial charge in [-0.25, -0.2) is 0 Å². The third-order valence-electron chi connectivity index (χ3n) is 3.58. The molecule has 2 aromatic rings. The highest BCUT2D eigenvalue weighted by atomic mass is 16.6. The molecule has 0 amide bonds. The van der Waals surface area contributed by atoms with E-state index in [9.17, 15) is 20.2 Å². The summed E-state index contributed by atoms with van der Waals surface area (Å²) in [7, 11) is 0. The lowest BCUT2D eigenvalue weighted by Crippen LogP contribution is -2.19. The van der Waals surface area contributed by atoms with Crippen molar-refractivity contribution in [3.8, 4) is 0 Å². The molecule has 0 aliphatic rings. The Bertz CT molecular complexity index is 644. The van der Waals surface area contributed by atoms with Crippen LogP contribution in [0.1, 0.15) is 12.8 Å². The zero-order valence-corrected chi connectivity index (χ0v) is 13.0. The number of unbranched alkanes of at least 4 members (excludes halogenated alkanes) is 1. The van der Waals surface area contributed by atoms with Crippen molar-refractivity contribution >= 4 is 22.7 Å². The van der Waals surface area contributed by atoms with Crippen molar-refractivity contribution < 1.29 is 9.85 Å². The standard InChI is InChI=1S/C16H18N4O4/c17-11-1-2-12-18(13-3-7-15(8-4-13)19(21)22)14-5-9-16(10-6-14)20(23)24/h3-10H,1-2,11-12,17H2. The van der Waals surface area contributed by atoms with E-state index in [0.717, 1.165) is 24.2 Å². The van der Waals surface area contributed by atoms with E-state index in [1.165, 1.54) is 24.3 Å². The maximum Gasteiger partial charge on any atom is 0.269 e. The van der Waals surface area contributed by atoms with Crippen LogP contribution in [0.4, 0.5) is 22.7 Å². The highest BCUT2D eigenvalue weighted by Crippen LogP contribution is 2.29. The Labute approximate surface area is 138 Å². The lowest BCUT2D eigenvalue weighted by molar-refractivity contribution is -0.385. The summed E-state index contributed by atoms with van der Waals surface area (Å²) in [5.74, 6) is 0. The van der Waals surface area contributed by atoms with Gasteiger partial charge in [-0.15, -0.1) is 0 Å². The summed E-state index contributed by atoms with van der Waals surface area (Å²) in [6.45, 7) is 1.24. The minimum atomic E-state index is -0.450. The molecule has 0 aliphatic carbocycles. The minimum absolute atomic E-state index is 0.0179. The zero-order chi connectivity index (χ0) is 17.5. The average molecular weight is 330 g/mol. The third kappa shape index (κ3) is 4.26. The molecule has 0 radical (unpaired) electrons. The molecule has 0 fully saturated rings. The first-order chi connectivity index (χ1) is 11.5. The number of rotatable bonds is 8. The predicted octanol–water partition coefficient (Wildman–Crippen LogP) is 3.38. The van der Waals surface area contributed by atoms with Crippen LogP contribution in [0.25, 0.3) is 0 Å². The van der Waals surface area contributed by atoms with E-state index in [-0.39, 0.29) is 11.4 Å². The smallest absolute Gasteiger partial charge is 0.269 e. The largest absolute Gasteiger partial charge is 0.341 e. The maximum atomic E-state index is 10.8. The van der Waals surface area contributed by atoms with Gasteiger partial charge in [-0.1, -0.05) is 0 Å². The van der Waals surface area contributed by atoms with Crippen molar-refractivity contribution in [2.45, 2.75) is 12.8 Å². The van der Waals surface area contributed by atoms with E-state index in [2.05, 4.69) is 0 Å². The number of benzene rings is 2. The summed E-state index contributed by atoms with van der Waals surface area (Å²) in [6.07, 6.45) is 1.68. The molecule has 0 saturated carbocycles. The van der Waals surface area contributed by atoms with Gasteiger partial charge in [-0.2, -0.15) is 0 Å². The van der Waals surface area contributed by atoms with Crippen molar-refractivity contribution in [2.75, 3.05) is 18.0 Å². The van der Waals surface area contributed by atoms with Gasteiger partial charge in [0, 0.05) is 42.2 Å². The summed E-state index contributed by atoms with van der Waals surface area (Å²) < 4.78 is 0. The zero-order valence-electron chi connectivity index (χ0n) is 13.0. The van der Waals surface area contributed by atoms with E-state index in [0.29, 0.717) is 13.1 Å². The van der Waals surface area contributed by atoms with Crippen LogP contribution < -0.4 is 10.6 Å². The second kappa shape index (κ2) is 8.02. The Morgan fingerprint density at radius 2 is 1.21 bits per heavy atom. The van der Waals surface area contributed by atoms with Crippen molar-refractivity contribution in [3.05, 3.63) is 68.8 Å². The number of non-ortho nitro benzene ring substituents is 2. The minimum Gasteiger partial charge on any atom is -0.341 e. The second-order valence-electron chi connectivity index (χ2n) is 5.19. The highest BCUT2D eigenvalue weighted by molar-refractivity contribution is 5.65. The third-order valence-corrected chi connectivity index (χ3v) is 3.58. The van der Waals surface area contributed by atoms with E-state index in [1.54, 1.807) is 24.3 Å². The first kappa shape index (κ1) is 17.4. The molecule has 8 nitrogen and oxygen atoms in total. The Morgan fingerprint density at radius 3 is 1.54 bits per heavy atom. The molecular formula is C16H18N4O4. The molecule has 2 rings (SSSR count). The van der Waals surface area contributed by atoms with Crippen molar-refractivity contribution in [1.29, 1.82) is 0 Å². The first-order valence-electron chi connectivity index (χ1n) is 7.49. The van der Waals surface area contributed by atoms with Crippen LogP contribution in [-0.2, 0) is 0 Å². The van der Waals surface area contributed by atoms with Crippen LogP contribution in [0, 0.1) is 20.2 Å². The lowest BCUT2D eigenvalue weighted by Gasteiger charge is -2.25. The summed E-state index contributed by atoms with van der Waals surface area (Å²) in [6, 6.07) is 12.4. The fourth-order valence-electron chi connectivity index (χ4n) is 2.33. The Balaban J connectivity index is 2.29. The molecule has 8 heteroatoms. The summed E-state index contributed by atoms with van der Waals surface area (Å²) in [4.78, 5) is 22.6. The van der Waals surface area contributed by atoms with E-state index in [4.69, 9.17) is 5.73 Å². The molecule has 0 aromatic heterocycles. The SMILES string of the molecule is NCCCCN(c1ccc([N+](=O)[O-])cc1)c1ccc([N+](=O)[O-])cc1. The van der Waals surface area contributed by atoms with Crippen molar-refractivity contribution in [3.63, 3.8) is 0 Å². The molecular weight excluding hydrogens is 312 g/mol. The summed E-state index contributed by atoms with van der Waals surface area (Å²) >= 11 is 0. The first-order valence-corrected chi connectivity index (χ1v) is 7.49. The predicted molar refractivity (Wildman–Crippen MR) is 91.5 cm³/mol. The van der Waals surface area contributed by atoms with E-state index >= 15 is 0 Å². The number of nitro benzene ring substituents is 2. The highest BCUT2D eigenvalue weighted by Gasteiger charge is 2.13. The van der Waals surface area contributed by atoms with Gasteiger partial charge in [-0.3, -0.25) is 20.2 Å². The quantitative estimate of drug-likeness (QED) is 0.450. The number of nitrogens with two attached hydrogens (primary N) is 1. The molecule has 2 N–H and O–H groups in total. The molecule has 0 bridgehead atoms. The molecule has 0 spiro atoms. The number of hydrogen-bond donors (Lipinski definition) is 1. The van der Waals surface area contributed by atoms with Crippen LogP contribution in [0.2, 0.25) is 0 Å². The van der Waals surface area contributed by atoms with Crippen LogP contribution in [0.3, 0.4) is 0 Å². The Kier molecular flexibility index (Phi) is 5.80. The Hall–Kier alpha value is -3.00.